The first-order chi connectivity index (χ1) is 7.40. The Morgan fingerprint density at radius 1 is 1.60 bits per heavy atom. The zero-order chi connectivity index (χ0) is 10.5. The highest BCUT2D eigenvalue weighted by atomic mass is 15.3. The Hall–Kier alpha value is -1.09. The molecule has 1 aromatic rings. The van der Waals surface area contributed by atoms with Gasteiger partial charge in [0.25, 0.3) is 0 Å². The van der Waals surface area contributed by atoms with Gasteiger partial charge in [0.1, 0.15) is 0 Å². The van der Waals surface area contributed by atoms with Crippen molar-refractivity contribution in [2.75, 3.05) is 0 Å². The third-order valence-electron chi connectivity index (χ3n) is 2.73. The summed E-state index contributed by atoms with van der Waals surface area (Å²) in [5.41, 5.74) is 1.30. The number of allylic oxidation sites excluding steroid dienone is 1. The molecule has 0 bridgehead atoms. The van der Waals surface area contributed by atoms with Gasteiger partial charge in [-0.3, -0.25) is 4.68 Å². The molecule has 0 radical (unpaired) electrons. The van der Waals surface area contributed by atoms with E-state index in [4.69, 9.17) is 0 Å². The number of aryl methyl sites for hydroxylation is 1. The molecule has 1 fully saturated rings. The van der Waals surface area contributed by atoms with Crippen LogP contribution in [0.3, 0.4) is 0 Å². The smallest absolute Gasteiger partial charge is 0.0522 e. The Labute approximate surface area is 91.2 Å². The topological polar surface area (TPSA) is 29.9 Å². The van der Waals surface area contributed by atoms with Crippen LogP contribution in [0.1, 0.15) is 31.4 Å². The van der Waals surface area contributed by atoms with E-state index in [1.54, 1.807) is 0 Å². The van der Waals surface area contributed by atoms with Crippen molar-refractivity contribution in [1.29, 1.82) is 0 Å². The minimum atomic E-state index is 0.765. The second kappa shape index (κ2) is 5.12. The molecule has 0 aliphatic heterocycles. The largest absolute Gasteiger partial charge is 0.308 e. The summed E-state index contributed by atoms with van der Waals surface area (Å²) in [5.74, 6) is 0. The average molecular weight is 205 g/mol. The van der Waals surface area contributed by atoms with Crippen LogP contribution < -0.4 is 5.32 Å². The van der Waals surface area contributed by atoms with Gasteiger partial charge in [-0.05, 0) is 31.7 Å². The van der Waals surface area contributed by atoms with Crippen LogP contribution in [0.4, 0.5) is 0 Å². The second-order valence-electron chi connectivity index (χ2n) is 4.13. The van der Waals surface area contributed by atoms with E-state index < -0.39 is 0 Å². The quantitative estimate of drug-likeness (QED) is 0.545. The van der Waals surface area contributed by atoms with Crippen LogP contribution in [-0.2, 0) is 13.1 Å². The number of rotatable bonds is 7. The number of hydrogen-bond donors (Lipinski definition) is 1. The summed E-state index contributed by atoms with van der Waals surface area (Å²) in [6.45, 7) is 5.69. The molecule has 1 aromatic heterocycles. The lowest BCUT2D eigenvalue weighted by atomic mass is 10.3. The van der Waals surface area contributed by atoms with Gasteiger partial charge in [-0.1, -0.05) is 6.08 Å². The van der Waals surface area contributed by atoms with Crippen molar-refractivity contribution in [1.82, 2.24) is 15.1 Å². The normalized spacial score (nSPS) is 15.5. The third kappa shape index (κ3) is 3.20. The summed E-state index contributed by atoms with van der Waals surface area (Å²) in [4.78, 5) is 0. The highest BCUT2D eigenvalue weighted by Crippen LogP contribution is 2.19. The predicted octanol–water partition coefficient (Wildman–Crippen LogP) is 2.10. The van der Waals surface area contributed by atoms with Crippen molar-refractivity contribution < 1.29 is 0 Å². The molecule has 3 nitrogen and oxygen atoms in total. The Bertz CT molecular complexity index is 312. The molecule has 1 saturated carbocycles. The monoisotopic (exact) mass is 205 g/mol. The van der Waals surface area contributed by atoms with Crippen LogP contribution in [-0.4, -0.2) is 15.8 Å². The van der Waals surface area contributed by atoms with Crippen LogP contribution in [0.15, 0.2) is 24.9 Å². The van der Waals surface area contributed by atoms with Gasteiger partial charge in [0.15, 0.2) is 0 Å². The molecule has 1 aliphatic rings. The van der Waals surface area contributed by atoms with Crippen molar-refractivity contribution >= 4 is 0 Å². The highest BCUT2D eigenvalue weighted by molar-refractivity contribution is 5.01. The average Bonchev–Trinajstić information content (AvgIpc) is 2.97. The standard InChI is InChI=1S/C12H19N3/c1-2-3-4-9-15-12(7-8-14-15)10-13-11-5-6-11/h2,7-8,11,13H,1,3-6,9-10H2. The maximum Gasteiger partial charge on any atom is 0.0522 e. The third-order valence-corrected chi connectivity index (χ3v) is 2.73. The van der Waals surface area contributed by atoms with Gasteiger partial charge in [-0.25, -0.2) is 0 Å². The lowest BCUT2D eigenvalue weighted by Gasteiger charge is -2.07. The number of unbranched alkanes of at least 4 members (excludes halogenated alkanes) is 1. The van der Waals surface area contributed by atoms with Crippen LogP contribution in [0.2, 0.25) is 0 Å². The molecule has 3 heteroatoms. The van der Waals surface area contributed by atoms with Crippen molar-refractivity contribution in [3.05, 3.63) is 30.6 Å². The summed E-state index contributed by atoms with van der Waals surface area (Å²) in [7, 11) is 0. The summed E-state index contributed by atoms with van der Waals surface area (Å²) in [5, 5.41) is 7.84. The van der Waals surface area contributed by atoms with E-state index in [1.165, 1.54) is 18.5 Å². The summed E-state index contributed by atoms with van der Waals surface area (Å²) < 4.78 is 2.10. The molecule has 82 valence electrons. The van der Waals surface area contributed by atoms with Gasteiger partial charge in [0.05, 0.1) is 5.69 Å². The maximum absolute atomic E-state index is 4.33. The Morgan fingerprint density at radius 3 is 3.20 bits per heavy atom. The number of aromatic nitrogens is 2. The Balaban J connectivity index is 1.80. The van der Waals surface area contributed by atoms with Crippen LogP contribution in [0.5, 0.6) is 0 Å². The maximum atomic E-state index is 4.33. The Morgan fingerprint density at radius 2 is 2.47 bits per heavy atom. The molecule has 1 N–H and O–H groups in total. The van der Waals surface area contributed by atoms with Crippen molar-refractivity contribution in [3.8, 4) is 0 Å². The lowest BCUT2D eigenvalue weighted by Crippen LogP contribution is -2.18. The Kier molecular flexibility index (Phi) is 3.56. The van der Waals surface area contributed by atoms with Gasteiger partial charge in [0, 0.05) is 25.3 Å². The molecular weight excluding hydrogens is 186 g/mol. The van der Waals surface area contributed by atoms with Crippen molar-refractivity contribution in [2.45, 2.75) is 44.8 Å². The second-order valence-corrected chi connectivity index (χ2v) is 4.13. The minimum Gasteiger partial charge on any atom is -0.308 e. The summed E-state index contributed by atoms with van der Waals surface area (Å²) in [6.07, 6.45) is 8.72. The number of nitrogens with zero attached hydrogens (tertiary/aromatic N) is 2. The predicted molar refractivity (Wildman–Crippen MR) is 61.5 cm³/mol. The zero-order valence-electron chi connectivity index (χ0n) is 9.15. The van der Waals surface area contributed by atoms with E-state index in [2.05, 4.69) is 27.7 Å². The van der Waals surface area contributed by atoms with Gasteiger partial charge < -0.3 is 5.32 Å². The molecule has 0 unspecified atom stereocenters. The summed E-state index contributed by atoms with van der Waals surface area (Å²) >= 11 is 0. The fraction of sp³-hybridized carbons (Fsp3) is 0.583. The molecular formula is C12H19N3. The lowest BCUT2D eigenvalue weighted by molar-refractivity contribution is 0.537. The first-order valence-electron chi connectivity index (χ1n) is 5.75. The van der Waals surface area contributed by atoms with E-state index in [0.717, 1.165) is 32.0 Å². The highest BCUT2D eigenvalue weighted by Gasteiger charge is 2.20. The first kappa shape index (κ1) is 10.4. The number of nitrogens with one attached hydrogen (secondary N) is 1. The fourth-order valence-electron chi connectivity index (χ4n) is 1.63. The zero-order valence-corrected chi connectivity index (χ0v) is 9.15. The van der Waals surface area contributed by atoms with Crippen molar-refractivity contribution in [3.63, 3.8) is 0 Å². The molecule has 1 aliphatic carbocycles. The van der Waals surface area contributed by atoms with Gasteiger partial charge in [-0.15, -0.1) is 6.58 Å². The van der Waals surface area contributed by atoms with E-state index in [-0.39, 0.29) is 0 Å². The molecule has 0 saturated heterocycles. The SMILES string of the molecule is C=CCCCn1nccc1CNC1CC1. The molecule has 0 aromatic carbocycles. The molecule has 0 amide bonds. The number of hydrogen-bond acceptors (Lipinski definition) is 2. The van der Waals surface area contributed by atoms with Gasteiger partial charge >= 0.3 is 0 Å². The molecule has 0 atom stereocenters. The van der Waals surface area contributed by atoms with E-state index in [0.29, 0.717) is 0 Å². The van der Waals surface area contributed by atoms with Gasteiger partial charge in [-0.2, -0.15) is 5.10 Å². The first-order valence-corrected chi connectivity index (χ1v) is 5.75. The molecule has 0 spiro atoms. The van der Waals surface area contributed by atoms with Gasteiger partial charge in [0.2, 0.25) is 0 Å². The van der Waals surface area contributed by atoms with Crippen molar-refractivity contribution in [2.24, 2.45) is 0 Å². The van der Waals surface area contributed by atoms with Crippen LogP contribution in [0.25, 0.3) is 0 Å². The molecule has 2 rings (SSSR count). The summed E-state index contributed by atoms with van der Waals surface area (Å²) in [6, 6.07) is 2.87. The molecule has 1 heterocycles. The minimum absolute atomic E-state index is 0.765. The van der Waals surface area contributed by atoms with E-state index in [9.17, 15) is 0 Å². The molecule has 15 heavy (non-hydrogen) atoms. The van der Waals surface area contributed by atoms with Crippen LogP contribution >= 0.6 is 0 Å². The van der Waals surface area contributed by atoms with Crippen LogP contribution in [0, 0.1) is 0 Å². The fourth-order valence-corrected chi connectivity index (χ4v) is 1.63. The van der Waals surface area contributed by atoms with E-state index in [1.807, 2.05) is 12.3 Å². The van der Waals surface area contributed by atoms with E-state index >= 15 is 0 Å².